The van der Waals surface area contributed by atoms with E-state index in [4.69, 9.17) is 14.2 Å². The average molecular weight is 320 g/mol. The van der Waals surface area contributed by atoms with E-state index in [0.29, 0.717) is 38.3 Å². The van der Waals surface area contributed by atoms with Crippen molar-refractivity contribution in [3.8, 4) is 5.88 Å². The fourth-order valence-corrected chi connectivity index (χ4v) is 1.44. The Morgan fingerprint density at radius 2 is 2.06 bits per heavy atom. The van der Waals surface area contributed by atoms with Gasteiger partial charge in [0.15, 0.2) is 0 Å². The Kier molecular flexibility index (Phi) is 7.63. The number of methoxy groups -OCH3 is 1. The van der Waals surface area contributed by atoms with Crippen molar-refractivity contribution in [1.82, 2.24) is 9.97 Å². The minimum absolute atomic E-state index is 0.435. The van der Waals surface area contributed by atoms with Gasteiger partial charge < -0.3 is 19.5 Å². The van der Waals surface area contributed by atoms with Crippen molar-refractivity contribution >= 4 is 21.9 Å². The van der Waals surface area contributed by atoms with Crippen molar-refractivity contribution in [1.29, 1.82) is 0 Å². The van der Waals surface area contributed by atoms with Gasteiger partial charge in [-0.15, -0.1) is 0 Å². The van der Waals surface area contributed by atoms with Gasteiger partial charge in [0.25, 0.3) is 0 Å². The van der Waals surface area contributed by atoms with Crippen LogP contribution in [-0.4, -0.2) is 50.1 Å². The first-order valence-electron chi connectivity index (χ1n) is 5.73. The van der Waals surface area contributed by atoms with Gasteiger partial charge in [-0.2, -0.15) is 4.98 Å². The molecule has 0 atom stereocenters. The third-order valence-electron chi connectivity index (χ3n) is 1.95. The standard InChI is InChI=1S/C11H18BrN3O3/c1-3-13-11-14-8-9(12)10(15-11)18-7-6-17-5-4-16-2/h8H,3-7H2,1-2H3,(H,13,14,15). The minimum Gasteiger partial charge on any atom is -0.474 e. The molecule has 7 heteroatoms. The van der Waals surface area contributed by atoms with Gasteiger partial charge in [0, 0.05) is 13.7 Å². The maximum absolute atomic E-state index is 5.50. The molecule has 1 aromatic rings. The van der Waals surface area contributed by atoms with Crippen molar-refractivity contribution < 1.29 is 14.2 Å². The maximum Gasteiger partial charge on any atom is 0.232 e. The second-order valence-electron chi connectivity index (χ2n) is 3.33. The van der Waals surface area contributed by atoms with E-state index in [-0.39, 0.29) is 0 Å². The molecule has 0 unspecified atom stereocenters. The summed E-state index contributed by atoms with van der Waals surface area (Å²) in [6, 6.07) is 0. The first-order chi connectivity index (χ1) is 8.77. The second-order valence-corrected chi connectivity index (χ2v) is 4.18. The van der Waals surface area contributed by atoms with Crippen molar-refractivity contribution in [3.05, 3.63) is 10.7 Å². The molecule has 0 saturated heterocycles. The zero-order chi connectivity index (χ0) is 13.2. The highest BCUT2D eigenvalue weighted by Crippen LogP contribution is 2.22. The van der Waals surface area contributed by atoms with Crippen LogP contribution in [0.5, 0.6) is 5.88 Å². The van der Waals surface area contributed by atoms with E-state index >= 15 is 0 Å². The van der Waals surface area contributed by atoms with Crippen LogP contribution in [0.15, 0.2) is 10.7 Å². The molecular weight excluding hydrogens is 302 g/mol. The largest absolute Gasteiger partial charge is 0.474 e. The van der Waals surface area contributed by atoms with E-state index in [2.05, 4.69) is 31.2 Å². The molecule has 0 aliphatic carbocycles. The molecule has 0 spiro atoms. The minimum atomic E-state index is 0.435. The predicted octanol–water partition coefficient (Wildman–Crippen LogP) is 1.71. The maximum atomic E-state index is 5.50. The van der Waals surface area contributed by atoms with Crippen LogP contribution in [0.2, 0.25) is 0 Å². The van der Waals surface area contributed by atoms with E-state index in [1.54, 1.807) is 13.3 Å². The number of nitrogens with zero attached hydrogens (tertiary/aromatic N) is 2. The topological polar surface area (TPSA) is 65.5 Å². The molecule has 0 saturated carbocycles. The normalized spacial score (nSPS) is 10.4. The molecule has 6 nitrogen and oxygen atoms in total. The Morgan fingerprint density at radius 1 is 1.28 bits per heavy atom. The van der Waals surface area contributed by atoms with E-state index in [9.17, 15) is 0 Å². The number of anilines is 1. The van der Waals surface area contributed by atoms with Crippen LogP contribution in [-0.2, 0) is 9.47 Å². The summed E-state index contributed by atoms with van der Waals surface area (Å²) in [7, 11) is 1.64. The number of hydrogen-bond acceptors (Lipinski definition) is 6. The van der Waals surface area contributed by atoms with Crippen LogP contribution in [0.4, 0.5) is 5.95 Å². The van der Waals surface area contributed by atoms with E-state index in [1.165, 1.54) is 0 Å². The van der Waals surface area contributed by atoms with Crippen molar-refractivity contribution in [2.75, 3.05) is 45.4 Å². The molecule has 102 valence electrons. The third kappa shape index (κ3) is 5.61. The summed E-state index contributed by atoms with van der Waals surface area (Å²) in [5.41, 5.74) is 0. The summed E-state index contributed by atoms with van der Waals surface area (Å²) >= 11 is 3.34. The van der Waals surface area contributed by atoms with Crippen LogP contribution < -0.4 is 10.1 Å². The molecule has 0 bridgehead atoms. The lowest BCUT2D eigenvalue weighted by molar-refractivity contribution is 0.0535. The molecule has 1 rings (SSSR count). The fourth-order valence-electron chi connectivity index (χ4n) is 1.14. The molecule has 1 N–H and O–H groups in total. The molecule has 0 fully saturated rings. The van der Waals surface area contributed by atoms with Crippen LogP contribution in [0.1, 0.15) is 6.92 Å². The molecular formula is C11H18BrN3O3. The van der Waals surface area contributed by atoms with Crippen LogP contribution in [0, 0.1) is 0 Å². The van der Waals surface area contributed by atoms with Gasteiger partial charge in [-0.1, -0.05) is 0 Å². The number of halogens is 1. The predicted molar refractivity (Wildman–Crippen MR) is 72.1 cm³/mol. The van der Waals surface area contributed by atoms with E-state index in [1.807, 2.05) is 6.92 Å². The monoisotopic (exact) mass is 319 g/mol. The third-order valence-corrected chi connectivity index (χ3v) is 2.49. The first-order valence-corrected chi connectivity index (χ1v) is 6.53. The Hall–Kier alpha value is -0.920. The van der Waals surface area contributed by atoms with Crippen molar-refractivity contribution in [2.45, 2.75) is 6.92 Å². The molecule has 1 aromatic heterocycles. The summed E-state index contributed by atoms with van der Waals surface area (Å²) in [5, 5.41) is 3.02. The lowest BCUT2D eigenvalue weighted by Crippen LogP contribution is -2.11. The molecule has 0 aromatic carbocycles. The SMILES string of the molecule is CCNc1ncc(Br)c(OCCOCCOC)n1. The fraction of sp³-hybridized carbons (Fsp3) is 0.636. The summed E-state index contributed by atoms with van der Waals surface area (Å²) in [4.78, 5) is 8.32. The highest BCUT2D eigenvalue weighted by molar-refractivity contribution is 9.10. The Balaban J connectivity index is 2.34. The van der Waals surface area contributed by atoms with E-state index in [0.717, 1.165) is 11.0 Å². The van der Waals surface area contributed by atoms with Crippen LogP contribution >= 0.6 is 15.9 Å². The lowest BCUT2D eigenvalue weighted by Gasteiger charge is -2.09. The summed E-state index contributed by atoms with van der Waals surface area (Å²) in [6.07, 6.45) is 1.66. The highest BCUT2D eigenvalue weighted by Gasteiger charge is 2.05. The summed E-state index contributed by atoms with van der Waals surface area (Å²) in [6.45, 7) is 4.83. The van der Waals surface area contributed by atoms with Gasteiger partial charge >= 0.3 is 0 Å². The molecule has 1 heterocycles. The van der Waals surface area contributed by atoms with Gasteiger partial charge in [0.1, 0.15) is 6.61 Å². The Labute approximate surface area is 115 Å². The average Bonchev–Trinajstić information content (AvgIpc) is 2.37. The van der Waals surface area contributed by atoms with Gasteiger partial charge in [0.2, 0.25) is 11.8 Å². The molecule has 0 aliphatic heterocycles. The molecule has 0 radical (unpaired) electrons. The quantitative estimate of drug-likeness (QED) is 0.699. The number of hydrogen-bond donors (Lipinski definition) is 1. The molecule has 0 amide bonds. The summed E-state index contributed by atoms with van der Waals surface area (Å²) in [5.74, 6) is 1.06. The zero-order valence-corrected chi connectivity index (χ0v) is 12.2. The molecule has 0 aliphatic rings. The molecule has 18 heavy (non-hydrogen) atoms. The van der Waals surface area contributed by atoms with Gasteiger partial charge in [-0.05, 0) is 22.9 Å². The van der Waals surface area contributed by atoms with Crippen LogP contribution in [0.3, 0.4) is 0 Å². The van der Waals surface area contributed by atoms with Crippen molar-refractivity contribution in [2.24, 2.45) is 0 Å². The smallest absolute Gasteiger partial charge is 0.232 e. The number of ether oxygens (including phenoxy) is 3. The number of aromatic nitrogens is 2. The lowest BCUT2D eigenvalue weighted by atomic mass is 10.6. The number of nitrogens with one attached hydrogen (secondary N) is 1. The van der Waals surface area contributed by atoms with Gasteiger partial charge in [-0.3, -0.25) is 0 Å². The summed E-state index contributed by atoms with van der Waals surface area (Å²) < 4.78 is 16.4. The Bertz CT molecular complexity index is 352. The number of rotatable bonds is 9. The van der Waals surface area contributed by atoms with Crippen molar-refractivity contribution in [3.63, 3.8) is 0 Å². The zero-order valence-electron chi connectivity index (χ0n) is 10.6. The second kappa shape index (κ2) is 9.07. The van der Waals surface area contributed by atoms with E-state index < -0.39 is 0 Å². The first kappa shape index (κ1) is 15.1. The van der Waals surface area contributed by atoms with Gasteiger partial charge in [0.05, 0.1) is 30.5 Å². The van der Waals surface area contributed by atoms with Gasteiger partial charge in [-0.25, -0.2) is 4.98 Å². The highest BCUT2D eigenvalue weighted by atomic mass is 79.9. The Morgan fingerprint density at radius 3 is 2.78 bits per heavy atom. The van der Waals surface area contributed by atoms with Crippen LogP contribution in [0.25, 0.3) is 0 Å².